The van der Waals surface area contributed by atoms with Crippen molar-refractivity contribution in [1.29, 1.82) is 0 Å². The Hall–Kier alpha value is -2.00. The van der Waals surface area contributed by atoms with Crippen LogP contribution in [0.5, 0.6) is 0 Å². The minimum absolute atomic E-state index is 0.131. The maximum Gasteiger partial charge on any atom is 0.235 e. The SMILES string of the molecule is O=C=NC1(c2c(F)cc(F)c3ccoc23)CCC1. The van der Waals surface area contributed by atoms with Gasteiger partial charge in [0, 0.05) is 6.07 Å². The fourth-order valence-corrected chi connectivity index (χ4v) is 2.51. The predicted octanol–water partition coefficient (Wildman–Crippen LogP) is 3.43. The Morgan fingerprint density at radius 3 is 2.72 bits per heavy atom. The Morgan fingerprint density at radius 2 is 2.11 bits per heavy atom. The van der Waals surface area contributed by atoms with Gasteiger partial charge in [0.15, 0.2) is 0 Å². The van der Waals surface area contributed by atoms with Gasteiger partial charge in [-0.05, 0) is 25.3 Å². The minimum Gasteiger partial charge on any atom is -0.464 e. The second-order valence-electron chi connectivity index (χ2n) is 4.47. The summed E-state index contributed by atoms with van der Waals surface area (Å²) < 4.78 is 32.7. The number of fused-ring (bicyclic) bond motifs is 1. The molecule has 0 saturated heterocycles. The molecule has 0 spiro atoms. The number of furan rings is 1. The van der Waals surface area contributed by atoms with Crippen LogP contribution in [0.1, 0.15) is 24.8 Å². The largest absolute Gasteiger partial charge is 0.464 e. The van der Waals surface area contributed by atoms with Crippen LogP contribution < -0.4 is 0 Å². The van der Waals surface area contributed by atoms with Gasteiger partial charge in [-0.3, -0.25) is 0 Å². The number of aliphatic imine (C=N–C) groups is 1. The average Bonchev–Trinajstić information content (AvgIpc) is 2.74. The van der Waals surface area contributed by atoms with E-state index in [1.54, 1.807) is 0 Å². The summed E-state index contributed by atoms with van der Waals surface area (Å²) in [5.41, 5.74) is -0.639. The third kappa shape index (κ3) is 1.34. The first-order chi connectivity index (χ1) is 8.68. The Bertz CT molecular complexity index is 667. The predicted molar refractivity (Wildman–Crippen MR) is 59.8 cm³/mol. The van der Waals surface area contributed by atoms with E-state index >= 15 is 0 Å². The second-order valence-corrected chi connectivity index (χ2v) is 4.47. The maximum atomic E-state index is 14.0. The molecule has 1 aromatic heterocycles. The molecule has 0 amide bonds. The number of halogens is 2. The van der Waals surface area contributed by atoms with Crippen LogP contribution in [0.3, 0.4) is 0 Å². The van der Waals surface area contributed by atoms with E-state index < -0.39 is 17.2 Å². The first-order valence-corrected chi connectivity index (χ1v) is 5.63. The molecule has 1 fully saturated rings. The summed E-state index contributed by atoms with van der Waals surface area (Å²) in [6.07, 6.45) is 4.70. The van der Waals surface area contributed by atoms with Crippen molar-refractivity contribution < 1.29 is 18.0 Å². The zero-order chi connectivity index (χ0) is 12.8. The maximum absolute atomic E-state index is 14.0. The van der Waals surface area contributed by atoms with E-state index in [9.17, 15) is 13.6 Å². The van der Waals surface area contributed by atoms with Crippen LogP contribution in [0, 0.1) is 11.6 Å². The Labute approximate surface area is 101 Å². The summed E-state index contributed by atoms with van der Waals surface area (Å²) in [5, 5.41) is 0.207. The lowest BCUT2D eigenvalue weighted by molar-refractivity contribution is 0.247. The summed E-state index contributed by atoms with van der Waals surface area (Å²) in [6, 6.07) is 2.25. The molecule has 1 aromatic carbocycles. The molecule has 0 atom stereocenters. The minimum atomic E-state index is -0.935. The highest BCUT2D eigenvalue weighted by Gasteiger charge is 2.43. The van der Waals surface area contributed by atoms with Crippen LogP contribution in [-0.2, 0) is 10.3 Å². The molecule has 5 heteroatoms. The van der Waals surface area contributed by atoms with Crippen molar-refractivity contribution in [2.24, 2.45) is 4.99 Å². The zero-order valence-electron chi connectivity index (χ0n) is 9.37. The van der Waals surface area contributed by atoms with Crippen molar-refractivity contribution in [1.82, 2.24) is 0 Å². The van der Waals surface area contributed by atoms with Crippen molar-refractivity contribution in [3.8, 4) is 0 Å². The second kappa shape index (κ2) is 3.75. The van der Waals surface area contributed by atoms with E-state index in [-0.39, 0.29) is 16.5 Å². The quantitative estimate of drug-likeness (QED) is 0.604. The van der Waals surface area contributed by atoms with Gasteiger partial charge in [-0.15, -0.1) is 0 Å². The lowest BCUT2D eigenvalue weighted by Gasteiger charge is -2.37. The van der Waals surface area contributed by atoms with Gasteiger partial charge >= 0.3 is 0 Å². The van der Waals surface area contributed by atoms with E-state index in [0.717, 1.165) is 12.5 Å². The van der Waals surface area contributed by atoms with Crippen LogP contribution in [0.4, 0.5) is 8.78 Å². The van der Waals surface area contributed by atoms with E-state index in [1.807, 2.05) is 0 Å². The first kappa shape index (κ1) is 11.1. The molecular weight excluding hydrogens is 240 g/mol. The summed E-state index contributed by atoms with van der Waals surface area (Å²) in [5.74, 6) is -1.40. The normalized spacial score (nSPS) is 17.2. The summed E-state index contributed by atoms with van der Waals surface area (Å²) in [6.45, 7) is 0. The highest BCUT2D eigenvalue weighted by molar-refractivity contribution is 5.82. The molecule has 1 aliphatic rings. The standard InChI is InChI=1S/C13H9F2NO2/c14-9-6-10(15)11(12-8(9)2-5-18-12)13(16-7-17)3-1-4-13/h2,5-6H,1,3-4H2. The Morgan fingerprint density at radius 1 is 1.33 bits per heavy atom. The van der Waals surface area contributed by atoms with Gasteiger partial charge in [0.1, 0.15) is 22.8 Å². The van der Waals surface area contributed by atoms with Crippen molar-refractivity contribution >= 4 is 17.0 Å². The molecule has 1 heterocycles. The molecule has 1 saturated carbocycles. The monoisotopic (exact) mass is 249 g/mol. The topological polar surface area (TPSA) is 42.6 Å². The van der Waals surface area contributed by atoms with Crippen LogP contribution in [0.25, 0.3) is 11.0 Å². The molecular formula is C13H9F2NO2. The van der Waals surface area contributed by atoms with Crippen molar-refractivity contribution in [2.45, 2.75) is 24.8 Å². The number of nitrogens with zero attached hydrogens (tertiary/aromatic N) is 1. The van der Waals surface area contributed by atoms with Gasteiger partial charge in [0.25, 0.3) is 0 Å². The molecule has 0 bridgehead atoms. The van der Waals surface area contributed by atoms with E-state index in [4.69, 9.17) is 4.42 Å². The number of rotatable bonds is 2. The van der Waals surface area contributed by atoms with Gasteiger partial charge in [0.2, 0.25) is 6.08 Å². The fraction of sp³-hybridized carbons (Fsp3) is 0.308. The van der Waals surface area contributed by atoms with Crippen molar-refractivity contribution in [3.63, 3.8) is 0 Å². The van der Waals surface area contributed by atoms with E-state index in [0.29, 0.717) is 12.8 Å². The van der Waals surface area contributed by atoms with Crippen LogP contribution >= 0.6 is 0 Å². The highest BCUT2D eigenvalue weighted by atomic mass is 19.1. The summed E-state index contributed by atoms with van der Waals surface area (Å²) in [7, 11) is 0. The Kier molecular flexibility index (Phi) is 2.31. The molecule has 18 heavy (non-hydrogen) atoms. The third-order valence-electron chi connectivity index (χ3n) is 3.55. The fourth-order valence-electron chi connectivity index (χ4n) is 2.51. The smallest absolute Gasteiger partial charge is 0.235 e. The molecule has 0 radical (unpaired) electrons. The van der Waals surface area contributed by atoms with Crippen LogP contribution in [0.2, 0.25) is 0 Å². The molecule has 3 nitrogen and oxygen atoms in total. The molecule has 0 N–H and O–H groups in total. The zero-order valence-corrected chi connectivity index (χ0v) is 9.37. The number of hydrogen-bond acceptors (Lipinski definition) is 3. The van der Waals surface area contributed by atoms with Crippen LogP contribution in [0.15, 0.2) is 27.8 Å². The molecule has 2 aromatic rings. The number of carbonyl (C=O) groups excluding carboxylic acids is 1. The first-order valence-electron chi connectivity index (χ1n) is 5.63. The third-order valence-corrected chi connectivity index (χ3v) is 3.55. The lowest BCUT2D eigenvalue weighted by atomic mass is 9.71. The average molecular weight is 249 g/mol. The summed E-state index contributed by atoms with van der Waals surface area (Å²) >= 11 is 0. The van der Waals surface area contributed by atoms with Crippen LogP contribution in [-0.4, -0.2) is 6.08 Å². The number of isocyanates is 1. The number of hydrogen-bond donors (Lipinski definition) is 0. The number of benzene rings is 1. The van der Waals surface area contributed by atoms with E-state index in [2.05, 4.69) is 4.99 Å². The molecule has 1 aliphatic carbocycles. The van der Waals surface area contributed by atoms with Gasteiger partial charge in [-0.25, -0.2) is 13.6 Å². The van der Waals surface area contributed by atoms with Crippen molar-refractivity contribution in [3.05, 3.63) is 35.6 Å². The van der Waals surface area contributed by atoms with Gasteiger partial charge in [0.05, 0.1) is 17.2 Å². The van der Waals surface area contributed by atoms with Gasteiger partial charge < -0.3 is 4.42 Å². The molecule has 3 rings (SSSR count). The Balaban J connectivity index is 2.34. The van der Waals surface area contributed by atoms with Crippen molar-refractivity contribution in [2.75, 3.05) is 0 Å². The summed E-state index contributed by atoms with van der Waals surface area (Å²) in [4.78, 5) is 14.2. The highest BCUT2D eigenvalue weighted by Crippen LogP contribution is 2.48. The van der Waals surface area contributed by atoms with Gasteiger partial charge in [-0.2, -0.15) is 4.99 Å². The molecule has 92 valence electrons. The lowest BCUT2D eigenvalue weighted by Crippen LogP contribution is -2.33. The van der Waals surface area contributed by atoms with Gasteiger partial charge in [-0.1, -0.05) is 0 Å². The van der Waals surface area contributed by atoms with E-state index in [1.165, 1.54) is 18.4 Å². The molecule has 0 unspecified atom stereocenters. The molecule has 0 aliphatic heterocycles.